The summed E-state index contributed by atoms with van der Waals surface area (Å²) < 4.78 is 44.1. The van der Waals surface area contributed by atoms with Crippen LogP contribution in [0.2, 0.25) is 0 Å². The zero-order chi connectivity index (χ0) is 23.1. The molecule has 0 bridgehead atoms. The van der Waals surface area contributed by atoms with Gasteiger partial charge in [0.25, 0.3) is 11.6 Å². The molecule has 1 amide bonds. The van der Waals surface area contributed by atoms with E-state index in [1.807, 2.05) is 0 Å². The number of nitro groups is 1. The Morgan fingerprint density at radius 1 is 1.06 bits per heavy atom. The van der Waals surface area contributed by atoms with E-state index < -0.39 is 22.6 Å². The number of halogens is 3. The number of hydrazone groups is 1. The second-order valence-corrected chi connectivity index (χ2v) is 6.53. The molecule has 0 aliphatic heterocycles. The van der Waals surface area contributed by atoms with Gasteiger partial charge in [0.1, 0.15) is 12.4 Å². The molecule has 3 rings (SSSR count). The molecule has 1 N–H and O–H groups in total. The van der Waals surface area contributed by atoms with Crippen LogP contribution in [0.3, 0.4) is 0 Å². The van der Waals surface area contributed by atoms with Crippen LogP contribution in [0.25, 0.3) is 0 Å². The summed E-state index contributed by atoms with van der Waals surface area (Å²) in [6.45, 7) is 0.0587. The van der Waals surface area contributed by atoms with Crippen molar-refractivity contribution in [1.82, 2.24) is 5.43 Å². The highest BCUT2D eigenvalue weighted by atomic mass is 19.4. The molecule has 0 saturated heterocycles. The SMILES string of the molecule is O=C(N/N=C\c1ccccc1OCc1cccc([N+](=O)[O-])c1)c1cccc(C(F)(F)F)c1. The van der Waals surface area contributed by atoms with Gasteiger partial charge in [0.05, 0.1) is 16.7 Å². The van der Waals surface area contributed by atoms with Crippen molar-refractivity contribution in [2.24, 2.45) is 5.10 Å². The van der Waals surface area contributed by atoms with Crippen LogP contribution in [-0.4, -0.2) is 17.0 Å². The van der Waals surface area contributed by atoms with Gasteiger partial charge in [-0.15, -0.1) is 0 Å². The van der Waals surface area contributed by atoms with E-state index in [-0.39, 0.29) is 17.9 Å². The molecular weight excluding hydrogens is 427 g/mol. The molecule has 10 heteroatoms. The highest BCUT2D eigenvalue weighted by molar-refractivity contribution is 5.95. The molecule has 0 spiro atoms. The topological polar surface area (TPSA) is 93.8 Å². The molecule has 32 heavy (non-hydrogen) atoms. The standard InChI is InChI=1S/C22H16F3N3O4/c23-22(24,25)18-8-4-7-16(12-18)21(29)27-26-13-17-6-1-2-10-20(17)32-14-15-5-3-9-19(11-15)28(30)31/h1-13H,14H2,(H,27,29)/b26-13-. The lowest BCUT2D eigenvalue weighted by molar-refractivity contribution is -0.384. The largest absolute Gasteiger partial charge is 0.488 e. The number of para-hydroxylation sites is 1. The van der Waals surface area contributed by atoms with Crippen LogP contribution in [-0.2, 0) is 12.8 Å². The van der Waals surface area contributed by atoms with Gasteiger partial charge in [-0.2, -0.15) is 18.3 Å². The Morgan fingerprint density at radius 2 is 1.81 bits per heavy atom. The van der Waals surface area contributed by atoms with E-state index in [2.05, 4.69) is 10.5 Å². The fraction of sp³-hybridized carbons (Fsp3) is 0.0909. The van der Waals surface area contributed by atoms with E-state index in [9.17, 15) is 28.1 Å². The first-order chi connectivity index (χ1) is 15.2. The molecule has 0 aliphatic carbocycles. The number of ether oxygens (including phenoxy) is 1. The molecule has 0 aromatic heterocycles. The Labute approximate surface area is 180 Å². The van der Waals surface area contributed by atoms with Crippen LogP contribution in [0.4, 0.5) is 18.9 Å². The molecular formula is C22H16F3N3O4. The minimum Gasteiger partial charge on any atom is -0.488 e. The number of nitrogens with zero attached hydrogens (tertiary/aromatic N) is 2. The Hall–Kier alpha value is -4.21. The number of nitro benzene ring substituents is 1. The van der Waals surface area contributed by atoms with Crippen LogP contribution < -0.4 is 10.2 Å². The number of rotatable bonds is 7. The van der Waals surface area contributed by atoms with E-state index in [0.717, 1.165) is 18.2 Å². The maximum absolute atomic E-state index is 12.8. The van der Waals surface area contributed by atoms with Crippen molar-refractivity contribution in [3.63, 3.8) is 0 Å². The Morgan fingerprint density at radius 3 is 2.56 bits per heavy atom. The summed E-state index contributed by atoms with van der Waals surface area (Å²) in [5.41, 5.74) is 2.07. The molecule has 3 aromatic rings. The van der Waals surface area contributed by atoms with Crippen LogP contribution in [0.1, 0.15) is 27.0 Å². The number of nitrogens with one attached hydrogen (secondary N) is 1. The Bertz CT molecular complexity index is 1160. The summed E-state index contributed by atoms with van der Waals surface area (Å²) in [4.78, 5) is 22.5. The van der Waals surface area contributed by atoms with Gasteiger partial charge in [0.2, 0.25) is 0 Å². The summed E-state index contributed by atoms with van der Waals surface area (Å²) in [5.74, 6) is -0.404. The van der Waals surface area contributed by atoms with Gasteiger partial charge in [0.15, 0.2) is 0 Å². The lowest BCUT2D eigenvalue weighted by Gasteiger charge is -2.09. The Balaban J connectivity index is 1.66. The zero-order valence-electron chi connectivity index (χ0n) is 16.4. The normalized spacial score (nSPS) is 11.3. The average molecular weight is 443 g/mol. The molecule has 164 valence electrons. The summed E-state index contributed by atoms with van der Waals surface area (Å²) >= 11 is 0. The molecule has 0 heterocycles. The van der Waals surface area contributed by atoms with E-state index in [1.54, 1.807) is 36.4 Å². The number of benzene rings is 3. The van der Waals surface area contributed by atoms with Crippen molar-refractivity contribution >= 4 is 17.8 Å². The van der Waals surface area contributed by atoms with Crippen molar-refractivity contribution in [1.29, 1.82) is 0 Å². The number of hydrogen-bond donors (Lipinski definition) is 1. The first-order valence-corrected chi connectivity index (χ1v) is 9.20. The number of carbonyl (C=O) groups excluding carboxylic acids is 1. The van der Waals surface area contributed by atoms with Crippen LogP contribution >= 0.6 is 0 Å². The van der Waals surface area contributed by atoms with Crippen molar-refractivity contribution in [3.05, 3.63) is 105 Å². The van der Waals surface area contributed by atoms with E-state index in [1.165, 1.54) is 24.4 Å². The van der Waals surface area contributed by atoms with Crippen LogP contribution in [0.15, 0.2) is 77.9 Å². The fourth-order valence-electron chi connectivity index (χ4n) is 2.70. The van der Waals surface area contributed by atoms with Crippen LogP contribution in [0.5, 0.6) is 5.75 Å². The van der Waals surface area contributed by atoms with Gasteiger partial charge in [-0.05, 0) is 35.9 Å². The third-order valence-electron chi connectivity index (χ3n) is 4.26. The lowest BCUT2D eigenvalue weighted by atomic mass is 10.1. The number of amides is 1. The number of hydrogen-bond acceptors (Lipinski definition) is 5. The highest BCUT2D eigenvalue weighted by Crippen LogP contribution is 2.29. The van der Waals surface area contributed by atoms with Gasteiger partial charge in [-0.25, -0.2) is 5.43 Å². The maximum Gasteiger partial charge on any atom is 0.416 e. The molecule has 0 radical (unpaired) electrons. The molecule has 0 atom stereocenters. The van der Waals surface area contributed by atoms with Gasteiger partial charge < -0.3 is 4.74 Å². The van der Waals surface area contributed by atoms with Gasteiger partial charge in [-0.1, -0.05) is 30.3 Å². The van der Waals surface area contributed by atoms with Crippen LogP contribution in [0, 0.1) is 10.1 Å². The lowest BCUT2D eigenvalue weighted by Crippen LogP contribution is -2.18. The average Bonchev–Trinajstić information content (AvgIpc) is 2.78. The highest BCUT2D eigenvalue weighted by Gasteiger charge is 2.30. The monoisotopic (exact) mass is 443 g/mol. The molecule has 0 unspecified atom stereocenters. The van der Waals surface area contributed by atoms with Gasteiger partial charge in [0, 0.05) is 23.3 Å². The summed E-state index contributed by atoms with van der Waals surface area (Å²) in [6.07, 6.45) is -3.27. The number of non-ortho nitro benzene ring substituents is 1. The van der Waals surface area contributed by atoms with E-state index in [4.69, 9.17) is 4.74 Å². The summed E-state index contributed by atoms with van der Waals surface area (Å²) in [5, 5.41) is 14.7. The maximum atomic E-state index is 12.8. The van der Waals surface area contributed by atoms with Crippen molar-refractivity contribution in [2.75, 3.05) is 0 Å². The molecule has 0 saturated carbocycles. The van der Waals surface area contributed by atoms with E-state index >= 15 is 0 Å². The quantitative estimate of drug-likeness (QED) is 0.317. The predicted molar refractivity (Wildman–Crippen MR) is 110 cm³/mol. The molecule has 7 nitrogen and oxygen atoms in total. The first-order valence-electron chi connectivity index (χ1n) is 9.20. The summed E-state index contributed by atoms with van der Waals surface area (Å²) in [7, 11) is 0. The minimum atomic E-state index is -4.56. The second kappa shape index (κ2) is 9.73. The Kier molecular flexibility index (Phi) is 6.83. The zero-order valence-corrected chi connectivity index (χ0v) is 16.4. The van der Waals surface area contributed by atoms with E-state index in [0.29, 0.717) is 16.9 Å². The molecule has 3 aromatic carbocycles. The van der Waals surface area contributed by atoms with Crippen molar-refractivity contribution in [3.8, 4) is 5.75 Å². The minimum absolute atomic E-state index is 0.0572. The molecule has 0 aliphatic rings. The predicted octanol–water partition coefficient (Wildman–Crippen LogP) is 4.96. The smallest absolute Gasteiger partial charge is 0.416 e. The van der Waals surface area contributed by atoms with Gasteiger partial charge >= 0.3 is 6.18 Å². The van der Waals surface area contributed by atoms with Crippen molar-refractivity contribution in [2.45, 2.75) is 12.8 Å². The first kappa shape index (κ1) is 22.5. The van der Waals surface area contributed by atoms with Crippen molar-refractivity contribution < 1.29 is 27.6 Å². The molecule has 0 fully saturated rings. The third-order valence-corrected chi connectivity index (χ3v) is 4.26. The third kappa shape index (κ3) is 5.91. The summed E-state index contributed by atoms with van der Waals surface area (Å²) in [6, 6.07) is 16.7. The second-order valence-electron chi connectivity index (χ2n) is 6.53. The number of alkyl halides is 3. The fourth-order valence-corrected chi connectivity index (χ4v) is 2.70. The number of carbonyl (C=O) groups is 1. The van der Waals surface area contributed by atoms with Gasteiger partial charge in [-0.3, -0.25) is 14.9 Å².